The molecule has 0 saturated carbocycles. The van der Waals surface area contributed by atoms with Gasteiger partial charge in [0.2, 0.25) is 5.95 Å². The van der Waals surface area contributed by atoms with Gasteiger partial charge in [0.15, 0.2) is 11.2 Å². The van der Waals surface area contributed by atoms with Crippen molar-refractivity contribution >= 4 is 27.9 Å². The molecule has 0 radical (unpaired) electrons. The van der Waals surface area contributed by atoms with Gasteiger partial charge in [-0.2, -0.15) is 4.98 Å². The van der Waals surface area contributed by atoms with Gasteiger partial charge in [-0.15, -0.1) is 0 Å². The van der Waals surface area contributed by atoms with Crippen LogP contribution in [0.25, 0.3) is 21.9 Å². The van der Waals surface area contributed by atoms with Crippen LogP contribution in [0.15, 0.2) is 56.5 Å². The summed E-state index contributed by atoms with van der Waals surface area (Å²) in [6.45, 7) is 5.94. The molecule has 4 aromatic rings. The van der Waals surface area contributed by atoms with E-state index in [-0.39, 0.29) is 18.1 Å². The fourth-order valence-corrected chi connectivity index (χ4v) is 5.18. The molecule has 1 aliphatic rings. The van der Waals surface area contributed by atoms with Gasteiger partial charge >= 0.3 is 5.69 Å². The first-order valence-corrected chi connectivity index (χ1v) is 12.6. The molecule has 37 heavy (non-hydrogen) atoms. The van der Waals surface area contributed by atoms with Gasteiger partial charge in [-0.05, 0) is 43.7 Å². The van der Waals surface area contributed by atoms with Crippen molar-refractivity contribution in [3.63, 3.8) is 0 Å². The third kappa shape index (κ3) is 4.31. The quantitative estimate of drug-likeness (QED) is 0.415. The van der Waals surface area contributed by atoms with Crippen LogP contribution < -0.4 is 27.4 Å². The maximum atomic E-state index is 14.0. The van der Waals surface area contributed by atoms with E-state index in [1.165, 1.54) is 13.7 Å². The number of rotatable bonds is 5. The van der Waals surface area contributed by atoms with Gasteiger partial charge in [0.25, 0.3) is 11.1 Å². The summed E-state index contributed by atoms with van der Waals surface area (Å²) >= 11 is 0. The number of nitrogens with two attached hydrogens (primary N) is 1. The zero-order valence-electron chi connectivity index (χ0n) is 21.8. The van der Waals surface area contributed by atoms with Crippen LogP contribution in [0.1, 0.15) is 32.3 Å². The van der Waals surface area contributed by atoms with Gasteiger partial charge in [0.1, 0.15) is 0 Å². The minimum atomic E-state index is -0.454. The van der Waals surface area contributed by atoms with Crippen molar-refractivity contribution in [3.05, 3.63) is 78.9 Å². The van der Waals surface area contributed by atoms with Gasteiger partial charge in [-0.1, -0.05) is 29.8 Å². The number of benzene rings is 1. The number of hydrogen-bond acceptors (Lipinski definition) is 6. The Hall–Kier alpha value is -3.92. The number of allylic oxidation sites excluding steroid dienone is 2. The van der Waals surface area contributed by atoms with E-state index in [1.54, 1.807) is 32.4 Å². The summed E-state index contributed by atoms with van der Waals surface area (Å²) < 4.78 is 6.06. The van der Waals surface area contributed by atoms with E-state index in [0.717, 1.165) is 30.3 Å². The predicted molar refractivity (Wildman–Crippen MR) is 146 cm³/mol. The van der Waals surface area contributed by atoms with Gasteiger partial charge in [-0.3, -0.25) is 18.7 Å². The van der Waals surface area contributed by atoms with Crippen molar-refractivity contribution in [2.24, 2.45) is 19.8 Å². The maximum Gasteiger partial charge on any atom is 0.332 e. The summed E-state index contributed by atoms with van der Waals surface area (Å²) in [6, 6.07) is 7.29. The Morgan fingerprint density at radius 2 is 1.81 bits per heavy atom. The molecule has 1 fully saturated rings. The Labute approximate surface area is 213 Å². The van der Waals surface area contributed by atoms with E-state index in [0.29, 0.717) is 41.2 Å². The van der Waals surface area contributed by atoms with Crippen molar-refractivity contribution in [2.75, 3.05) is 18.0 Å². The second-order valence-electron chi connectivity index (χ2n) is 10.2. The lowest BCUT2D eigenvalue weighted by Crippen LogP contribution is -2.44. The highest BCUT2D eigenvalue weighted by atomic mass is 16.2. The standard InChI is InChI=1S/C27H33N7O3/c1-17(2)11-13-33-22-23(29-26(33)32-12-7-8-19(28)16-32)31(4)27(37)34(25(22)36)15-18-14-30(3)24(35)21-10-6-5-9-20(18)21/h5-6,9-11,14,19H,7-8,12-13,15-16,28H2,1-4H3. The zero-order valence-corrected chi connectivity index (χ0v) is 21.8. The van der Waals surface area contributed by atoms with Gasteiger partial charge in [0, 0.05) is 51.4 Å². The second-order valence-corrected chi connectivity index (χ2v) is 10.2. The van der Waals surface area contributed by atoms with Crippen LogP contribution in [0.5, 0.6) is 0 Å². The topological polar surface area (TPSA) is 113 Å². The molecule has 0 aliphatic carbocycles. The first kappa shape index (κ1) is 24.8. The average Bonchev–Trinajstić information content (AvgIpc) is 3.27. The van der Waals surface area contributed by atoms with Gasteiger partial charge in [-0.25, -0.2) is 4.79 Å². The minimum Gasteiger partial charge on any atom is -0.341 e. The molecule has 10 nitrogen and oxygen atoms in total. The summed E-state index contributed by atoms with van der Waals surface area (Å²) in [4.78, 5) is 47.0. The van der Waals surface area contributed by atoms with E-state index in [1.807, 2.05) is 36.6 Å². The van der Waals surface area contributed by atoms with Crippen LogP contribution in [0, 0.1) is 0 Å². The van der Waals surface area contributed by atoms with E-state index in [2.05, 4.69) is 4.90 Å². The number of aryl methyl sites for hydroxylation is 2. The molecular formula is C27H33N7O3. The second kappa shape index (κ2) is 9.51. The lowest BCUT2D eigenvalue weighted by Gasteiger charge is -2.31. The Morgan fingerprint density at radius 3 is 2.51 bits per heavy atom. The van der Waals surface area contributed by atoms with Crippen molar-refractivity contribution in [2.45, 2.75) is 45.8 Å². The molecule has 1 unspecified atom stereocenters. The fraction of sp³-hybridized carbons (Fsp3) is 0.407. The summed E-state index contributed by atoms with van der Waals surface area (Å²) in [5.74, 6) is 0.653. The number of anilines is 1. The molecule has 1 aromatic carbocycles. The highest BCUT2D eigenvalue weighted by molar-refractivity contribution is 5.84. The fourth-order valence-electron chi connectivity index (χ4n) is 5.18. The molecule has 4 heterocycles. The molecule has 5 rings (SSSR count). The molecule has 2 N–H and O–H groups in total. The molecule has 1 aliphatic heterocycles. The van der Waals surface area contributed by atoms with Crippen molar-refractivity contribution in [1.82, 2.24) is 23.3 Å². The normalized spacial score (nSPS) is 16.0. The molecular weight excluding hydrogens is 470 g/mol. The molecule has 1 atom stereocenters. The van der Waals surface area contributed by atoms with E-state index < -0.39 is 11.2 Å². The maximum absolute atomic E-state index is 14.0. The SMILES string of the molecule is CC(C)=CCn1c(N2CCCC(N)C2)nc2c1c(=O)n(Cc1cn(C)c(=O)c3ccccc13)c(=O)n2C. The zero-order chi connectivity index (χ0) is 26.4. The number of aromatic nitrogens is 5. The Bertz CT molecular complexity index is 1720. The van der Waals surface area contributed by atoms with Crippen molar-refractivity contribution < 1.29 is 0 Å². The highest BCUT2D eigenvalue weighted by Gasteiger charge is 2.26. The van der Waals surface area contributed by atoms with Crippen LogP contribution >= 0.6 is 0 Å². The van der Waals surface area contributed by atoms with Crippen molar-refractivity contribution in [3.8, 4) is 0 Å². The molecule has 1 saturated heterocycles. The summed E-state index contributed by atoms with van der Waals surface area (Å²) in [7, 11) is 3.32. The summed E-state index contributed by atoms with van der Waals surface area (Å²) in [5, 5.41) is 1.27. The largest absolute Gasteiger partial charge is 0.341 e. The number of pyridine rings is 1. The number of nitrogens with zero attached hydrogens (tertiary/aromatic N) is 6. The minimum absolute atomic E-state index is 0.0314. The Balaban J connectivity index is 1.74. The third-order valence-corrected chi connectivity index (χ3v) is 7.14. The van der Waals surface area contributed by atoms with Gasteiger partial charge in [0.05, 0.1) is 6.54 Å². The number of piperidine rings is 1. The van der Waals surface area contributed by atoms with Gasteiger partial charge < -0.3 is 19.8 Å². The van der Waals surface area contributed by atoms with Crippen LogP contribution in [0.4, 0.5) is 5.95 Å². The number of hydrogen-bond donors (Lipinski definition) is 1. The van der Waals surface area contributed by atoms with Crippen LogP contribution in [0.3, 0.4) is 0 Å². The van der Waals surface area contributed by atoms with Crippen LogP contribution in [-0.2, 0) is 27.2 Å². The molecule has 10 heteroatoms. The van der Waals surface area contributed by atoms with Crippen LogP contribution in [-0.4, -0.2) is 42.4 Å². The lowest BCUT2D eigenvalue weighted by atomic mass is 10.1. The number of imidazole rings is 1. The molecule has 3 aromatic heterocycles. The van der Waals surface area contributed by atoms with Crippen LogP contribution in [0.2, 0.25) is 0 Å². The third-order valence-electron chi connectivity index (χ3n) is 7.14. The van der Waals surface area contributed by atoms with E-state index in [4.69, 9.17) is 10.7 Å². The highest BCUT2D eigenvalue weighted by Crippen LogP contribution is 2.23. The Morgan fingerprint density at radius 1 is 1.08 bits per heavy atom. The molecule has 0 bridgehead atoms. The monoisotopic (exact) mass is 503 g/mol. The first-order chi connectivity index (χ1) is 17.7. The smallest absolute Gasteiger partial charge is 0.332 e. The lowest BCUT2D eigenvalue weighted by molar-refractivity contribution is 0.495. The summed E-state index contributed by atoms with van der Waals surface area (Å²) in [6.07, 6.45) is 5.63. The molecule has 0 amide bonds. The number of fused-ring (bicyclic) bond motifs is 2. The van der Waals surface area contributed by atoms with E-state index >= 15 is 0 Å². The molecule has 0 spiro atoms. The predicted octanol–water partition coefficient (Wildman–Crippen LogP) is 1.69. The van der Waals surface area contributed by atoms with E-state index in [9.17, 15) is 14.4 Å². The molecule has 194 valence electrons. The van der Waals surface area contributed by atoms with Crippen molar-refractivity contribution in [1.29, 1.82) is 0 Å². The average molecular weight is 504 g/mol. The Kier molecular flexibility index (Phi) is 6.36. The first-order valence-electron chi connectivity index (χ1n) is 12.6. The summed E-state index contributed by atoms with van der Waals surface area (Å²) in [5.41, 5.74) is 7.84.